The summed E-state index contributed by atoms with van der Waals surface area (Å²) >= 11 is 1.34. The van der Waals surface area contributed by atoms with Gasteiger partial charge in [-0.1, -0.05) is 30.8 Å². The summed E-state index contributed by atoms with van der Waals surface area (Å²) in [6.07, 6.45) is 6.01. The van der Waals surface area contributed by atoms with Gasteiger partial charge in [-0.2, -0.15) is 0 Å². The zero-order chi connectivity index (χ0) is 20.8. The third-order valence-corrected chi connectivity index (χ3v) is 5.45. The van der Waals surface area contributed by atoms with Crippen LogP contribution in [-0.2, 0) is 17.8 Å². The predicted octanol–water partition coefficient (Wildman–Crippen LogP) is 4.27. The van der Waals surface area contributed by atoms with Gasteiger partial charge in [0.25, 0.3) is 0 Å². The van der Waals surface area contributed by atoms with Crippen LogP contribution >= 0.6 is 11.8 Å². The Morgan fingerprint density at radius 3 is 2.87 bits per heavy atom. The highest BCUT2D eigenvalue weighted by Crippen LogP contribution is 2.25. The van der Waals surface area contributed by atoms with Crippen molar-refractivity contribution in [1.29, 1.82) is 0 Å². The van der Waals surface area contributed by atoms with Crippen LogP contribution in [0.25, 0.3) is 11.4 Å². The Kier molecular flexibility index (Phi) is 6.24. The van der Waals surface area contributed by atoms with Gasteiger partial charge >= 0.3 is 0 Å². The Bertz CT molecular complexity index is 1110. The van der Waals surface area contributed by atoms with Crippen LogP contribution in [0.4, 0.5) is 5.69 Å². The molecule has 1 N–H and O–H groups in total. The van der Waals surface area contributed by atoms with Crippen LogP contribution in [0.15, 0.2) is 76.8 Å². The number of hydrogen-bond acceptors (Lipinski definition) is 6. The number of amides is 1. The van der Waals surface area contributed by atoms with E-state index < -0.39 is 0 Å². The first-order valence-electron chi connectivity index (χ1n) is 9.60. The molecule has 8 heteroatoms. The van der Waals surface area contributed by atoms with Gasteiger partial charge in [-0.15, -0.1) is 10.2 Å². The second kappa shape index (κ2) is 9.41. The maximum Gasteiger partial charge on any atom is 0.234 e. The molecule has 3 aromatic heterocycles. The number of thioether (sulfide) groups is 1. The van der Waals surface area contributed by atoms with Crippen LogP contribution < -0.4 is 5.32 Å². The minimum Gasteiger partial charge on any atom is -0.467 e. The van der Waals surface area contributed by atoms with Crippen molar-refractivity contribution in [2.75, 3.05) is 11.1 Å². The van der Waals surface area contributed by atoms with E-state index in [9.17, 15) is 4.79 Å². The average Bonchev–Trinajstić information content (AvgIpc) is 3.43. The highest BCUT2D eigenvalue weighted by atomic mass is 32.2. The molecule has 0 unspecified atom stereocenters. The Balaban J connectivity index is 1.50. The number of carbonyl (C=O) groups excluding carboxylic acids is 1. The molecule has 0 spiro atoms. The number of hydrogen-bond donors (Lipinski definition) is 1. The van der Waals surface area contributed by atoms with Gasteiger partial charge in [0, 0.05) is 23.6 Å². The lowest BCUT2D eigenvalue weighted by Gasteiger charge is -2.09. The zero-order valence-electron chi connectivity index (χ0n) is 16.5. The lowest BCUT2D eigenvalue weighted by molar-refractivity contribution is -0.113. The van der Waals surface area contributed by atoms with E-state index in [1.54, 1.807) is 18.7 Å². The van der Waals surface area contributed by atoms with Crippen LogP contribution in [-0.4, -0.2) is 31.4 Å². The van der Waals surface area contributed by atoms with Crippen LogP contribution in [0, 0.1) is 0 Å². The monoisotopic (exact) mass is 419 g/mol. The van der Waals surface area contributed by atoms with Crippen molar-refractivity contribution in [2.45, 2.75) is 25.0 Å². The first kappa shape index (κ1) is 19.9. The molecule has 0 saturated heterocycles. The van der Waals surface area contributed by atoms with E-state index >= 15 is 0 Å². The summed E-state index contributed by atoms with van der Waals surface area (Å²) in [6.45, 7) is 2.55. The van der Waals surface area contributed by atoms with Gasteiger partial charge in [0.15, 0.2) is 11.0 Å². The van der Waals surface area contributed by atoms with E-state index in [-0.39, 0.29) is 11.7 Å². The molecular formula is C22H21N5O2S. The molecule has 0 bridgehead atoms. The minimum atomic E-state index is -0.0938. The Hall–Kier alpha value is -3.39. The summed E-state index contributed by atoms with van der Waals surface area (Å²) in [5.41, 5.74) is 2.83. The summed E-state index contributed by atoms with van der Waals surface area (Å²) in [4.78, 5) is 16.6. The van der Waals surface area contributed by atoms with Crippen molar-refractivity contribution >= 4 is 23.4 Å². The summed E-state index contributed by atoms with van der Waals surface area (Å²) in [5.74, 6) is 1.59. The van der Waals surface area contributed by atoms with Crippen molar-refractivity contribution in [3.05, 3.63) is 78.5 Å². The van der Waals surface area contributed by atoms with E-state index in [1.165, 1.54) is 17.3 Å². The molecule has 152 valence electrons. The Morgan fingerprint density at radius 2 is 2.10 bits per heavy atom. The summed E-state index contributed by atoms with van der Waals surface area (Å²) in [6, 6.07) is 15.4. The molecule has 0 aliphatic heterocycles. The summed E-state index contributed by atoms with van der Waals surface area (Å²) in [5, 5.41) is 12.2. The second-order valence-electron chi connectivity index (χ2n) is 6.60. The summed E-state index contributed by atoms with van der Waals surface area (Å²) in [7, 11) is 0. The molecule has 4 rings (SSSR count). The quantitative estimate of drug-likeness (QED) is 0.429. The molecule has 1 amide bonds. The fraction of sp³-hybridized carbons (Fsp3) is 0.182. The molecule has 3 heterocycles. The first-order valence-corrected chi connectivity index (χ1v) is 10.6. The van der Waals surface area contributed by atoms with Crippen molar-refractivity contribution in [3.63, 3.8) is 0 Å². The highest BCUT2D eigenvalue weighted by Gasteiger charge is 2.17. The number of aromatic nitrogens is 4. The Labute approximate surface area is 178 Å². The van der Waals surface area contributed by atoms with Gasteiger partial charge in [0.1, 0.15) is 5.76 Å². The van der Waals surface area contributed by atoms with Crippen LogP contribution in [0.5, 0.6) is 0 Å². The lowest BCUT2D eigenvalue weighted by atomic mass is 10.1. The van der Waals surface area contributed by atoms with Gasteiger partial charge in [0.05, 0.1) is 18.6 Å². The second-order valence-corrected chi connectivity index (χ2v) is 7.55. The number of rotatable bonds is 8. The number of anilines is 1. The Morgan fingerprint density at radius 1 is 1.17 bits per heavy atom. The molecule has 1 aromatic carbocycles. The molecule has 0 aliphatic rings. The maximum absolute atomic E-state index is 12.5. The van der Waals surface area contributed by atoms with E-state index in [0.717, 1.165) is 23.4 Å². The molecular weight excluding hydrogens is 398 g/mol. The van der Waals surface area contributed by atoms with Gasteiger partial charge < -0.3 is 9.73 Å². The molecule has 0 saturated carbocycles. The fourth-order valence-corrected chi connectivity index (χ4v) is 3.74. The number of nitrogens with zero attached hydrogens (tertiary/aromatic N) is 4. The standard InChI is InChI=1S/C22H21N5O2S/c1-2-16-6-3-8-18(12-16)24-20(28)15-30-22-26-25-21(17-7-4-10-23-13-17)27(22)14-19-9-5-11-29-19/h3-13H,2,14-15H2,1H3,(H,24,28). The largest absolute Gasteiger partial charge is 0.467 e. The van der Waals surface area contributed by atoms with Gasteiger partial charge in [0.2, 0.25) is 5.91 Å². The molecule has 0 radical (unpaired) electrons. The zero-order valence-corrected chi connectivity index (χ0v) is 17.3. The van der Waals surface area contributed by atoms with Crippen molar-refractivity contribution in [3.8, 4) is 11.4 Å². The molecule has 4 aromatic rings. The highest BCUT2D eigenvalue weighted by molar-refractivity contribution is 7.99. The minimum absolute atomic E-state index is 0.0938. The van der Waals surface area contributed by atoms with Crippen LogP contribution in [0.2, 0.25) is 0 Å². The van der Waals surface area contributed by atoms with E-state index in [1.807, 2.05) is 53.1 Å². The molecule has 30 heavy (non-hydrogen) atoms. The third kappa shape index (κ3) is 4.77. The first-order chi connectivity index (χ1) is 14.7. The van der Waals surface area contributed by atoms with E-state index in [2.05, 4.69) is 27.4 Å². The van der Waals surface area contributed by atoms with Crippen LogP contribution in [0.3, 0.4) is 0 Å². The number of furan rings is 1. The van der Waals surface area contributed by atoms with E-state index in [4.69, 9.17) is 4.42 Å². The number of benzene rings is 1. The molecule has 0 atom stereocenters. The molecule has 0 aliphatic carbocycles. The number of pyridine rings is 1. The van der Waals surface area contributed by atoms with Gasteiger partial charge in [-0.05, 0) is 48.4 Å². The fourth-order valence-electron chi connectivity index (χ4n) is 3.00. The van der Waals surface area contributed by atoms with Crippen LogP contribution in [0.1, 0.15) is 18.2 Å². The normalized spacial score (nSPS) is 10.8. The number of nitrogens with one attached hydrogen (secondary N) is 1. The van der Waals surface area contributed by atoms with Crippen molar-refractivity contribution in [1.82, 2.24) is 19.7 Å². The van der Waals surface area contributed by atoms with E-state index in [0.29, 0.717) is 17.5 Å². The SMILES string of the molecule is CCc1cccc(NC(=O)CSc2nnc(-c3cccnc3)n2Cc2ccco2)c1. The molecule has 7 nitrogen and oxygen atoms in total. The van der Waals surface area contributed by atoms with Gasteiger partial charge in [-0.25, -0.2) is 0 Å². The number of aryl methyl sites for hydroxylation is 1. The lowest BCUT2D eigenvalue weighted by Crippen LogP contribution is -2.15. The van der Waals surface area contributed by atoms with Crippen molar-refractivity contribution in [2.24, 2.45) is 0 Å². The predicted molar refractivity (Wildman–Crippen MR) is 116 cm³/mol. The molecule has 0 fully saturated rings. The van der Waals surface area contributed by atoms with Crippen molar-refractivity contribution < 1.29 is 9.21 Å². The topological polar surface area (TPSA) is 85.8 Å². The summed E-state index contributed by atoms with van der Waals surface area (Å²) < 4.78 is 7.43. The van der Waals surface area contributed by atoms with Gasteiger partial charge in [-0.3, -0.25) is 14.3 Å². The maximum atomic E-state index is 12.5. The smallest absolute Gasteiger partial charge is 0.234 e. The number of carbonyl (C=O) groups is 1. The third-order valence-electron chi connectivity index (χ3n) is 4.48. The average molecular weight is 420 g/mol.